The molecule has 2 unspecified atom stereocenters. The van der Waals surface area contributed by atoms with Gasteiger partial charge in [-0.2, -0.15) is 0 Å². The maximum Gasteiger partial charge on any atom is 0.237 e. The van der Waals surface area contributed by atoms with Crippen molar-refractivity contribution >= 4 is 16.8 Å². The number of primary amides is 1. The maximum atomic E-state index is 11.5. The summed E-state index contributed by atoms with van der Waals surface area (Å²) in [7, 11) is 0. The molecule has 4 N–H and O–H groups in total. The average Bonchev–Trinajstić information content (AvgIpc) is 2.48. The molecule has 0 radical (unpaired) electrons. The summed E-state index contributed by atoms with van der Waals surface area (Å²) in [6.07, 6.45) is 4.41. The zero-order valence-electron chi connectivity index (χ0n) is 11.8. The van der Waals surface area contributed by atoms with Crippen LogP contribution in [0.25, 0.3) is 10.9 Å². The fourth-order valence-electron chi connectivity index (χ4n) is 2.93. The maximum absolute atomic E-state index is 11.5. The van der Waals surface area contributed by atoms with Gasteiger partial charge >= 0.3 is 0 Å². The Kier molecular flexibility index (Phi) is 3.51. The molecule has 110 valence electrons. The topological polar surface area (TPSA) is 91.2 Å². The second-order valence-corrected chi connectivity index (χ2v) is 5.69. The van der Waals surface area contributed by atoms with E-state index in [0.29, 0.717) is 12.8 Å². The molecular formula is C16H19N3O2. The van der Waals surface area contributed by atoms with Crippen molar-refractivity contribution in [3.63, 3.8) is 0 Å². The molecule has 1 aliphatic carbocycles. The largest absolute Gasteiger partial charge is 0.488 e. The second kappa shape index (κ2) is 5.33. The lowest BCUT2D eigenvalue weighted by molar-refractivity contribution is -0.125. The Balaban J connectivity index is 1.84. The highest BCUT2D eigenvalue weighted by Crippen LogP contribution is 2.31. The van der Waals surface area contributed by atoms with Gasteiger partial charge in [0.25, 0.3) is 0 Å². The van der Waals surface area contributed by atoms with Gasteiger partial charge in [-0.3, -0.25) is 9.78 Å². The number of hydrogen-bond donors (Lipinski definition) is 2. The van der Waals surface area contributed by atoms with Crippen molar-refractivity contribution in [1.29, 1.82) is 0 Å². The van der Waals surface area contributed by atoms with Crippen LogP contribution in [0.5, 0.6) is 5.75 Å². The van der Waals surface area contributed by atoms with E-state index in [9.17, 15) is 4.79 Å². The lowest BCUT2D eigenvalue weighted by atomic mass is 9.80. The van der Waals surface area contributed by atoms with E-state index in [-0.39, 0.29) is 6.10 Å². The number of ether oxygens (including phenoxy) is 1. The van der Waals surface area contributed by atoms with Crippen molar-refractivity contribution in [2.24, 2.45) is 11.5 Å². The molecule has 21 heavy (non-hydrogen) atoms. The predicted molar refractivity (Wildman–Crippen MR) is 80.7 cm³/mol. The minimum absolute atomic E-state index is 0.108. The minimum atomic E-state index is -0.957. The summed E-state index contributed by atoms with van der Waals surface area (Å²) in [5.74, 6) is 0.277. The van der Waals surface area contributed by atoms with Crippen molar-refractivity contribution < 1.29 is 9.53 Å². The van der Waals surface area contributed by atoms with Crippen LogP contribution in [0, 0.1) is 0 Å². The number of fused-ring (bicyclic) bond motifs is 1. The highest BCUT2D eigenvalue weighted by molar-refractivity contribution is 5.85. The van der Waals surface area contributed by atoms with Crippen LogP contribution in [0.2, 0.25) is 0 Å². The average molecular weight is 285 g/mol. The lowest BCUT2D eigenvalue weighted by Crippen LogP contribution is -2.56. The second-order valence-electron chi connectivity index (χ2n) is 5.69. The summed E-state index contributed by atoms with van der Waals surface area (Å²) in [5.41, 5.74) is 11.4. The number of hydrogen-bond acceptors (Lipinski definition) is 4. The monoisotopic (exact) mass is 285 g/mol. The summed E-state index contributed by atoms with van der Waals surface area (Å²) >= 11 is 0. The number of benzene rings is 1. The first kappa shape index (κ1) is 13.8. The number of amides is 1. The molecule has 2 atom stereocenters. The summed E-state index contributed by atoms with van der Waals surface area (Å²) in [4.78, 5) is 15.9. The van der Waals surface area contributed by atoms with Gasteiger partial charge in [0.2, 0.25) is 5.91 Å². The van der Waals surface area contributed by atoms with Crippen LogP contribution in [0.15, 0.2) is 36.5 Å². The standard InChI is InChI=1S/C16H19N3O2/c17-15(20)16(18)8-2-6-12(10-16)21-13-7-1-4-11-5-3-9-19-14(11)13/h1,3-5,7,9,12H,2,6,8,10,18H2,(H2,17,20). The fraction of sp³-hybridized carbons (Fsp3) is 0.375. The van der Waals surface area contributed by atoms with E-state index in [1.54, 1.807) is 6.20 Å². The highest BCUT2D eigenvalue weighted by atomic mass is 16.5. The molecule has 1 aromatic heterocycles. The molecule has 5 nitrogen and oxygen atoms in total. The molecule has 1 saturated carbocycles. The van der Waals surface area contributed by atoms with Gasteiger partial charge in [0.1, 0.15) is 17.4 Å². The third-order valence-electron chi connectivity index (χ3n) is 4.12. The molecule has 0 aliphatic heterocycles. The van der Waals surface area contributed by atoms with Crippen LogP contribution in [0.4, 0.5) is 0 Å². The Bertz CT molecular complexity index is 668. The normalized spacial score (nSPS) is 25.7. The van der Waals surface area contributed by atoms with Crippen LogP contribution in [0.1, 0.15) is 25.7 Å². The van der Waals surface area contributed by atoms with E-state index >= 15 is 0 Å². The quantitative estimate of drug-likeness (QED) is 0.898. The zero-order valence-corrected chi connectivity index (χ0v) is 11.8. The van der Waals surface area contributed by atoms with Gasteiger partial charge in [-0.1, -0.05) is 18.2 Å². The SMILES string of the molecule is NC(=O)C1(N)CCCC(Oc2cccc3cccnc23)C1. The number of rotatable bonds is 3. The van der Waals surface area contributed by atoms with E-state index in [0.717, 1.165) is 29.5 Å². The molecule has 1 fully saturated rings. The summed E-state index contributed by atoms with van der Waals surface area (Å²) in [6, 6.07) is 9.71. The third kappa shape index (κ3) is 2.69. The van der Waals surface area contributed by atoms with Crippen LogP contribution < -0.4 is 16.2 Å². The van der Waals surface area contributed by atoms with Crippen molar-refractivity contribution in [3.8, 4) is 5.75 Å². The molecule has 1 amide bonds. The van der Waals surface area contributed by atoms with E-state index in [4.69, 9.17) is 16.2 Å². The molecule has 0 bridgehead atoms. The number of nitrogens with zero attached hydrogens (tertiary/aromatic N) is 1. The van der Waals surface area contributed by atoms with Crippen LogP contribution >= 0.6 is 0 Å². The molecule has 0 spiro atoms. The number of carbonyl (C=O) groups excluding carboxylic acids is 1. The molecule has 0 saturated heterocycles. The van der Waals surface area contributed by atoms with Crippen LogP contribution in [0.3, 0.4) is 0 Å². The van der Waals surface area contributed by atoms with Crippen LogP contribution in [-0.2, 0) is 4.79 Å². The van der Waals surface area contributed by atoms with Gasteiger partial charge in [0.15, 0.2) is 0 Å². The number of pyridine rings is 1. The van der Waals surface area contributed by atoms with E-state index < -0.39 is 11.4 Å². The summed E-state index contributed by atoms with van der Waals surface area (Å²) in [6.45, 7) is 0. The van der Waals surface area contributed by atoms with Gasteiger partial charge in [-0.05, 0) is 31.4 Å². The molecule has 1 heterocycles. The van der Waals surface area contributed by atoms with Gasteiger partial charge in [-0.25, -0.2) is 0 Å². The Morgan fingerprint density at radius 2 is 2.14 bits per heavy atom. The molecule has 3 rings (SSSR count). The van der Waals surface area contributed by atoms with Gasteiger partial charge in [0.05, 0.1) is 5.54 Å². The smallest absolute Gasteiger partial charge is 0.237 e. The molecule has 1 aliphatic rings. The first-order chi connectivity index (χ1) is 10.1. The Hall–Kier alpha value is -2.14. The molecule has 5 heteroatoms. The summed E-state index contributed by atoms with van der Waals surface area (Å²) < 4.78 is 6.06. The Labute approximate surface area is 123 Å². The van der Waals surface area contributed by atoms with Crippen LogP contribution in [-0.4, -0.2) is 22.5 Å². The van der Waals surface area contributed by atoms with Crippen molar-refractivity contribution in [3.05, 3.63) is 36.5 Å². The van der Waals surface area contributed by atoms with Crippen molar-refractivity contribution in [2.45, 2.75) is 37.3 Å². The number of aromatic nitrogens is 1. The van der Waals surface area contributed by atoms with E-state index in [1.807, 2.05) is 30.3 Å². The van der Waals surface area contributed by atoms with Crippen molar-refractivity contribution in [2.75, 3.05) is 0 Å². The molecule has 1 aromatic carbocycles. The zero-order chi connectivity index (χ0) is 14.9. The number of para-hydroxylation sites is 1. The Morgan fingerprint density at radius 1 is 1.33 bits per heavy atom. The van der Waals surface area contributed by atoms with Gasteiger partial charge < -0.3 is 16.2 Å². The molecule has 2 aromatic rings. The highest BCUT2D eigenvalue weighted by Gasteiger charge is 2.38. The Morgan fingerprint density at radius 3 is 2.95 bits per heavy atom. The van der Waals surface area contributed by atoms with E-state index in [1.165, 1.54) is 0 Å². The van der Waals surface area contributed by atoms with Gasteiger partial charge in [-0.15, -0.1) is 0 Å². The van der Waals surface area contributed by atoms with Gasteiger partial charge in [0, 0.05) is 18.0 Å². The molecular weight excluding hydrogens is 266 g/mol. The third-order valence-corrected chi connectivity index (χ3v) is 4.12. The minimum Gasteiger partial charge on any atom is -0.488 e. The first-order valence-corrected chi connectivity index (χ1v) is 7.18. The van der Waals surface area contributed by atoms with E-state index in [2.05, 4.69) is 4.98 Å². The van der Waals surface area contributed by atoms with Crippen molar-refractivity contribution in [1.82, 2.24) is 4.98 Å². The number of carbonyl (C=O) groups is 1. The predicted octanol–water partition coefficient (Wildman–Crippen LogP) is 1.74. The lowest BCUT2D eigenvalue weighted by Gasteiger charge is -2.35. The summed E-state index contributed by atoms with van der Waals surface area (Å²) in [5, 5.41) is 1.03. The first-order valence-electron chi connectivity index (χ1n) is 7.18. The fourth-order valence-corrected chi connectivity index (χ4v) is 2.93. The number of nitrogens with two attached hydrogens (primary N) is 2.